The van der Waals surface area contributed by atoms with Gasteiger partial charge in [0.2, 0.25) is 11.8 Å². The molecule has 2 saturated heterocycles. The van der Waals surface area contributed by atoms with Gasteiger partial charge >= 0.3 is 0 Å². The molecule has 4 rings (SSSR count). The number of hydrogen-bond donors (Lipinski definition) is 2. The summed E-state index contributed by atoms with van der Waals surface area (Å²) in [6.07, 6.45) is 8.09. The van der Waals surface area contributed by atoms with Gasteiger partial charge in [0, 0.05) is 49.4 Å². The van der Waals surface area contributed by atoms with Gasteiger partial charge in [0.05, 0.1) is 22.7 Å². The first kappa shape index (κ1) is 32.7. The van der Waals surface area contributed by atoms with E-state index in [1.807, 2.05) is 15.9 Å². The lowest BCUT2D eigenvalue weighted by molar-refractivity contribution is -0.385. The van der Waals surface area contributed by atoms with Gasteiger partial charge in [-0.25, -0.2) is 0 Å². The second kappa shape index (κ2) is 16.1. The van der Waals surface area contributed by atoms with E-state index in [9.17, 15) is 29.8 Å². The number of carbonyl (C=O) groups is 2. The average molecular weight is 607 g/mol. The minimum Gasteiger partial charge on any atom is -0.339 e. The number of carbonyl (C=O) groups excluding carboxylic acids is 2. The molecule has 0 atom stereocenters. The van der Waals surface area contributed by atoms with Gasteiger partial charge in [0.1, 0.15) is 0 Å². The predicted octanol–water partition coefficient (Wildman–Crippen LogP) is 3.87. The zero-order valence-corrected chi connectivity index (χ0v) is 25.3. The van der Waals surface area contributed by atoms with Crippen molar-refractivity contribution in [2.75, 3.05) is 39.3 Å². The maximum Gasteiger partial charge on any atom is 0.270 e. The summed E-state index contributed by atoms with van der Waals surface area (Å²) in [5.74, 6) is -0.0844. The highest BCUT2D eigenvalue weighted by Gasteiger charge is 2.27. The number of benzene rings is 2. The first-order valence-electron chi connectivity index (χ1n) is 15.4. The van der Waals surface area contributed by atoms with Gasteiger partial charge in [0.15, 0.2) is 0 Å². The molecule has 0 aromatic heterocycles. The van der Waals surface area contributed by atoms with E-state index in [1.165, 1.54) is 24.3 Å². The SMILES string of the molecule is CCCN(C(=O)Cc1ccc([N+](=O)[O-])cc1/C=C\CN(C(=O)Cc1ccc([N+](=O)[O-])cc1)C1CCNCC1)C1CCNCC1. The maximum atomic E-state index is 13.5. The fraction of sp³-hybridized carbons (Fsp3) is 0.500. The third kappa shape index (κ3) is 8.93. The highest BCUT2D eigenvalue weighted by molar-refractivity contribution is 5.81. The Morgan fingerprint density at radius 1 is 0.818 bits per heavy atom. The van der Waals surface area contributed by atoms with E-state index < -0.39 is 9.85 Å². The lowest BCUT2D eigenvalue weighted by atomic mass is 9.99. The van der Waals surface area contributed by atoms with Crippen LogP contribution in [-0.4, -0.2) is 82.8 Å². The topological polar surface area (TPSA) is 151 Å². The Morgan fingerprint density at radius 2 is 1.36 bits per heavy atom. The molecule has 0 bridgehead atoms. The first-order valence-corrected chi connectivity index (χ1v) is 15.4. The Labute approximate surface area is 257 Å². The van der Waals surface area contributed by atoms with E-state index in [-0.39, 0.29) is 48.1 Å². The van der Waals surface area contributed by atoms with Crippen molar-refractivity contribution in [2.24, 2.45) is 0 Å². The van der Waals surface area contributed by atoms with Crippen molar-refractivity contribution in [3.8, 4) is 0 Å². The van der Waals surface area contributed by atoms with Crippen LogP contribution in [0.3, 0.4) is 0 Å². The van der Waals surface area contributed by atoms with Crippen LogP contribution in [0.25, 0.3) is 6.08 Å². The van der Waals surface area contributed by atoms with Crippen molar-refractivity contribution in [2.45, 2.75) is 64.0 Å². The summed E-state index contributed by atoms with van der Waals surface area (Å²) >= 11 is 0. The number of nitro groups is 2. The first-order chi connectivity index (χ1) is 21.3. The van der Waals surface area contributed by atoms with Crippen molar-refractivity contribution in [1.29, 1.82) is 0 Å². The zero-order valence-electron chi connectivity index (χ0n) is 25.3. The summed E-state index contributed by atoms with van der Waals surface area (Å²) < 4.78 is 0. The molecule has 0 aliphatic carbocycles. The van der Waals surface area contributed by atoms with Crippen molar-refractivity contribution < 1.29 is 19.4 Å². The molecule has 2 N–H and O–H groups in total. The second-order valence-corrected chi connectivity index (χ2v) is 11.4. The summed E-state index contributed by atoms with van der Waals surface area (Å²) in [6, 6.07) is 10.8. The van der Waals surface area contributed by atoms with E-state index in [1.54, 1.807) is 24.3 Å². The van der Waals surface area contributed by atoms with Crippen LogP contribution in [0.1, 0.15) is 55.7 Å². The molecule has 2 amide bonds. The van der Waals surface area contributed by atoms with Gasteiger partial charge < -0.3 is 20.4 Å². The molecule has 2 aliphatic heterocycles. The number of piperidine rings is 2. The number of nitro benzene ring substituents is 2. The lowest BCUT2D eigenvalue weighted by Gasteiger charge is -2.35. The van der Waals surface area contributed by atoms with Crippen LogP contribution in [-0.2, 0) is 22.4 Å². The van der Waals surface area contributed by atoms with Gasteiger partial charge in [-0.1, -0.05) is 37.3 Å². The van der Waals surface area contributed by atoms with Crippen LogP contribution in [0.4, 0.5) is 11.4 Å². The molecule has 0 saturated carbocycles. The highest BCUT2D eigenvalue weighted by atomic mass is 16.6. The molecule has 0 spiro atoms. The molecule has 0 unspecified atom stereocenters. The predicted molar refractivity (Wildman–Crippen MR) is 168 cm³/mol. The van der Waals surface area contributed by atoms with Gasteiger partial charge in [-0.3, -0.25) is 29.8 Å². The number of amides is 2. The Balaban J connectivity index is 1.53. The Bertz CT molecular complexity index is 1340. The van der Waals surface area contributed by atoms with Crippen LogP contribution < -0.4 is 10.6 Å². The van der Waals surface area contributed by atoms with Crippen LogP contribution in [0.15, 0.2) is 48.5 Å². The van der Waals surface area contributed by atoms with Gasteiger partial charge in [-0.2, -0.15) is 0 Å². The smallest absolute Gasteiger partial charge is 0.270 e. The van der Waals surface area contributed by atoms with E-state index in [0.29, 0.717) is 29.8 Å². The third-order valence-electron chi connectivity index (χ3n) is 8.39. The number of non-ortho nitro benzene ring substituents is 2. The van der Waals surface area contributed by atoms with Gasteiger partial charge in [-0.05, 0) is 75.0 Å². The highest BCUT2D eigenvalue weighted by Crippen LogP contribution is 2.23. The van der Waals surface area contributed by atoms with Crippen LogP contribution in [0.5, 0.6) is 0 Å². The molecular weight excluding hydrogens is 564 g/mol. The Morgan fingerprint density at radius 3 is 1.93 bits per heavy atom. The van der Waals surface area contributed by atoms with Crippen molar-refractivity contribution in [3.05, 3.63) is 85.5 Å². The summed E-state index contributed by atoms with van der Waals surface area (Å²) in [4.78, 5) is 52.5. The summed E-state index contributed by atoms with van der Waals surface area (Å²) in [5.41, 5.74) is 1.89. The average Bonchev–Trinajstić information content (AvgIpc) is 3.03. The second-order valence-electron chi connectivity index (χ2n) is 11.4. The molecule has 44 heavy (non-hydrogen) atoms. The van der Waals surface area contributed by atoms with E-state index >= 15 is 0 Å². The van der Waals surface area contributed by atoms with Crippen LogP contribution >= 0.6 is 0 Å². The summed E-state index contributed by atoms with van der Waals surface area (Å²) in [7, 11) is 0. The number of rotatable bonds is 13. The van der Waals surface area contributed by atoms with E-state index in [2.05, 4.69) is 17.6 Å². The van der Waals surface area contributed by atoms with E-state index in [0.717, 1.165) is 58.3 Å². The standard InChI is InChI=1S/C32H42N6O6/c1-2-19-35(27-11-15-33-16-12-27)32(40)23-26-7-10-30(38(43)44)22-25(26)4-3-20-36(28-13-17-34-18-14-28)31(39)21-24-5-8-29(9-6-24)37(41)42/h3-10,22,27-28,33-34H,2,11-21,23H2,1H3/b4-3-. The Kier molecular flexibility index (Phi) is 12.0. The van der Waals surface area contributed by atoms with Gasteiger partial charge in [-0.15, -0.1) is 0 Å². The van der Waals surface area contributed by atoms with Crippen molar-refractivity contribution in [1.82, 2.24) is 20.4 Å². The normalized spacial score (nSPS) is 16.1. The van der Waals surface area contributed by atoms with Gasteiger partial charge in [0.25, 0.3) is 11.4 Å². The fourth-order valence-electron chi connectivity index (χ4n) is 6.02. The molecule has 2 aliphatic rings. The molecule has 2 aromatic carbocycles. The number of nitrogens with one attached hydrogen (secondary N) is 2. The fourth-order valence-corrected chi connectivity index (χ4v) is 6.02. The lowest BCUT2D eigenvalue weighted by Crippen LogP contribution is -2.47. The molecular formula is C32H42N6O6. The molecule has 2 aromatic rings. The quantitative estimate of drug-likeness (QED) is 0.258. The molecule has 12 nitrogen and oxygen atoms in total. The van der Waals surface area contributed by atoms with Crippen LogP contribution in [0.2, 0.25) is 0 Å². The zero-order chi connectivity index (χ0) is 31.5. The largest absolute Gasteiger partial charge is 0.339 e. The third-order valence-corrected chi connectivity index (χ3v) is 8.39. The summed E-state index contributed by atoms with van der Waals surface area (Å²) in [6.45, 7) is 6.35. The maximum absolute atomic E-state index is 13.5. The molecule has 2 heterocycles. The Hall–Kier alpha value is -4.16. The molecule has 2 fully saturated rings. The summed E-state index contributed by atoms with van der Waals surface area (Å²) in [5, 5.41) is 29.3. The molecule has 0 radical (unpaired) electrons. The van der Waals surface area contributed by atoms with Crippen molar-refractivity contribution in [3.63, 3.8) is 0 Å². The molecule has 236 valence electrons. The van der Waals surface area contributed by atoms with E-state index in [4.69, 9.17) is 0 Å². The number of nitrogens with zero attached hydrogens (tertiary/aromatic N) is 4. The monoisotopic (exact) mass is 606 g/mol. The number of hydrogen-bond acceptors (Lipinski definition) is 8. The minimum absolute atomic E-state index is 0.0110. The van der Waals surface area contributed by atoms with Crippen molar-refractivity contribution >= 4 is 29.3 Å². The van der Waals surface area contributed by atoms with Crippen LogP contribution in [0, 0.1) is 20.2 Å². The minimum atomic E-state index is -0.470. The molecule has 12 heteroatoms.